The molecule has 114 valence electrons. The second-order valence-electron chi connectivity index (χ2n) is 5.08. The molecular weight excluding hydrogens is 298 g/mol. The molecule has 0 saturated heterocycles. The summed E-state index contributed by atoms with van der Waals surface area (Å²) in [7, 11) is -1.13. The van der Waals surface area contributed by atoms with Gasteiger partial charge in [0, 0.05) is 6.26 Å². The van der Waals surface area contributed by atoms with E-state index >= 15 is 0 Å². The van der Waals surface area contributed by atoms with Gasteiger partial charge >= 0.3 is 0 Å². The highest BCUT2D eigenvalue weighted by molar-refractivity contribution is 7.84. The standard InChI is InChI=1S/C17H17NO3S/c1-22(20)15-10-6-5-9-13(15)17-18-14(11-19)16(21-17)12-7-3-2-4-8-12/h2-10,14,16,19H,11H2,1H3/t14-,16-,22?/m0/s1. The van der Waals surface area contributed by atoms with Crippen LogP contribution in [0, 0.1) is 0 Å². The van der Waals surface area contributed by atoms with Crippen LogP contribution < -0.4 is 0 Å². The third-order valence-electron chi connectivity index (χ3n) is 3.61. The first-order valence-electron chi connectivity index (χ1n) is 7.04. The van der Waals surface area contributed by atoms with Gasteiger partial charge in [-0.15, -0.1) is 0 Å². The van der Waals surface area contributed by atoms with E-state index in [0.717, 1.165) is 11.1 Å². The number of aliphatic imine (C=N–C) groups is 1. The fourth-order valence-electron chi connectivity index (χ4n) is 2.54. The molecule has 0 aliphatic carbocycles. The van der Waals surface area contributed by atoms with Gasteiger partial charge in [-0.05, 0) is 17.7 Å². The summed E-state index contributed by atoms with van der Waals surface area (Å²) in [4.78, 5) is 5.17. The molecule has 0 radical (unpaired) electrons. The number of hydrogen-bond donors (Lipinski definition) is 1. The molecule has 1 unspecified atom stereocenters. The lowest BCUT2D eigenvalue weighted by atomic mass is 10.0. The summed E-state index contributed by atoms with van der Waals surface area (Å²) in [6.45, 7) is -0.0968. The van der Waals surface area contributed by atoms with Crippen molar-refractivity contribution in [3.05, 3.63) is 65.7 Å². The van der Waals surface area contributed by atoms with Gasteiger partial charge in [0.2, 0.25) is 5.90 Å². The van der Waals surface area contributed by atoms with Crippen LogP contribution in [0.1, 0.15) is 17.2 Å². The second kappa shape index (κ2) is 6.42. The van der Waals surface area contributed by atoms with Gasteiger partial charge in [-0.3, -0.25) is 4.21 Å². The molecule has 0 aromatic heterocycles. The topological polar surface area (TPSA) is 58.9 Å². The number of nitrogens with zero attached hydrogens (tertiary/aromatic N) is 1. The van der Waals surface area contributed by atoms with Crippen molar-refractivity contribution in [1.82, 2.24) is 0 Å². The molecule has 0 amide bonds. The number of rotatable bonds is 4. The SMILES string of the molecule is CS(=O)c1ccccc1C1=N[C@@H](CO)[C@H](c2ccccc2)O1. The molecule has 1 aliphatic rings. The van der Waals surface area contributed by atoms with Gasteiger partial charge in [-0.1, -0.05) is 42.5 Å². The fraction of sp³-hybridized carbons (Fsp3) is 0.235. The predicted octanol–water partition coefficient (Wildman–Crippen LogP) is 2.30. The van der Waals surface area contributed by atoms with Gasteiger partial charge in [0.1, 0.15) is 6.04 Å². The van der Waals surface area contributed by atoms with E-state index in [9.17, 15) is 9.32 Å². The van der Waals surface area contributed by atoms with Crippen LogP contribution in [0.15, 0.2) is 64.5 Å². The first-order valence-corrected chi connectivity index (χ1v) is 8.59. The highest BCUT2D eigenvalue weighted by Gasteiger charge is 2.33. The first-order chi connectivity index (χ1) is 10.7. The summed E-state index contributed by atoms with van der Waals surface area (Å²) in [6.07, 6.45) is 1.31. The average Bonchev–Trinajstić information content (AvgIpc) is 3.00. The fourth-order valence-corrected chi connectivity index (χ4v) is 3.28. The Labute approximate surface area is 131 Å². The minimum atomic E-state index is -1.13. The highest BCUT2D eigenvalue weighted by Crippen LogP contribution is 2.32. The van der Waals surface area contributed by atoms with E-state index in [1.807, 2.05) is 48.5 Å². The van der Waals surface area contributed by atoms with Gasteiger partial charge < -0.3 is 9.84 Å². The molecule has 3 rings (SSSR count). The van der Waals surface area contributed by atoms with E-state index in [4.69, 9.17) is 4.74 Å². The van der Waals surface area contributed by atoms with E-state index in [-0.39, 0.29) is 18.8 Å². The smallest absolute Gasteiger partial charge is 0.218 e. The molecule has 2 aromatic rings. The molecule has 5 heteroatoms. The number of ether oxygens (including phenoxy) is 1. The van der Waals surface area contributed by atoms with E-state index in [0.29, 0.717) is 10.8 Å². The monoisotopic (exact) mass is 315 g/mol. The molecule has 0 saturated carbocycles. The average molecular weight is 315 g/mol. The van der Waals surface area contributed by atoms with Crippen LogP contribution in [0.2, 0.25) is 0 Å². The lowest BCUT2D eigenvalue weighted by Crippen LogP contribution is -2.17. The lowest BCUT2D eigenvalue weighted by molar-refractivity contribution is 0.151. The van der Waals surface area contributed by atoms with Gasteiger partial charge in [0.05, 0.1) is 27.9 Å². The molecule has 0 spiro atoms. The molecule has 1 N–H and O–H groups in total. The van der Waals surface area contributed by atoms with Gasteiger partial charge in [-0.2, -0.15) is 0 Å². The molecule has 1 heterocycles. The highest BCUT2D eigenvalue weighted by atomic mass is 32.2. The molecular formula is C17H17NO3S. The second-order valence-corrected chi connectivity index (χ2v) is 6.43. The maximum atomic E-state index is 11.9. The zero-order valence-electron chi connectivity index (χ0n) is 12.2. The van der Waals surface area contributed by atoms with Gasteiger partial charge in [0.15, 0.2) is 6.10 Å². The third-order valence-corrected chi connectivity index (χ3v) is 4.59. The summed E-state index contributed by atoms with van der Waals surface area (Å²) in [5.74, 6) is 0.443. The Hall–Kier alpha value is -1.98. The zero-order valence-corrected chi connectivity index (χ0v) is 13.0. The normalized spacial score (nSPS) is 22.0. The van der Waals surface area contributed by atoms with Crippen LogP contribution in [0.25, 0.3) is 0 Å². The maximum absolute atomic E-state index is 11.9. The summed E-state index contributed by atoms with van der Waals surface area (Å²) in [5.41, 5.74) is 1.69. The first kappa shape index (κ1) is 14.9. The Kier molecular flexibility index (Phi) is 4.36. The van der Waals surface area contributed by atoms with Crippen LogP contribution in [0.5, 0.6) is 0 Å². The van der Waals surface area contributed by atoms with E-state index < -0.39 is 10.8 Å². The minimum absolute atomic E-state index is 0.0968. The van der Waals surface area contributed by atoms with Crippen LogP contribution in [0.4, 0.5) is 0 Å². The van der Waals surface area contributed by atoms with Crippen molar-refractivity contribution < 1.29 is 14.1 Å². The van der Waals surface area contributed by atoms with Crippen molar-refractivity contribution in [2.45, 2.75) is 17.0 Å². The number of hydrogen-bond acceptors (Lipinski definition) is 4. The van der Waals surface area contributed by atoms with Crippen molar-refractivity contribution in [2.75, 3.05) is 12.9 Å². The maximum Gasteiger partial charge on any atom is 0.218 e. The summed E-state index contributed by atoms with van der Waals surface area (Å²) < 4.78 is 17.9. The number of aliphatic hydroxyl groups excluding tert-OH is 1. The predicted molar refractivity (Wildman–Crippen MR) is 86.5 cm³/mol. The Morgan fingerprint density at radius 1 is 1.14 bits per heavy atom. The van der Waals surface area contributed by atoms with Gasteiger partial charge in [-0.25, -0.2) is 4.99 Å². The van der Waals surface area contributed by atoms with Crippen molar-refractivity contribution >= 4 is 16.7 Å². The lowest BCUT2D eigenvalue weighted by Gasteiger charge is -2.16. The van der Waals surface area contributed by atoms with Crippen LogP contribution in [0.3, 0.4) is 0 Å². The Bertz CT molecular complexity index is 715. The molecule has 0 bridgehead atoms. The van der Waals surface area contributed by atoms with E-state index in [1.165, 1.54) is 0 Å². The molecule has 2 aromatic carbocycles. The van der Waals surface area contributed by atoms with Crippen molar-refractivity contribution in [3.63, 3.8) is 0 Å². The molecule has 0 fully saturated rings. The van der Waals surface area contributed by atoms with E-state index in [2.05, 4.69) is 4.99 Å². The third kappa shape index (κ3) is 2.82. The number of benzene rings is 2. The van der Waals surface area contributed by atoms with Crippen LogP contribution in [-0.2, 0) is 15.5 Å². The van der Waals surface area contributed by atoms with Crippen molar-refractivity contribution in [2.24, 2.45) is 4.99 Å². The largest absolute Gasteiger partial charge is 0.467 e. The summed E-state index contributed by atoms with van der Waals surface area (Å²) in [6, 6.07) is 16.7. The molecule has 1 aliphatic heterocycles. The van der Waals surface area contributed by atoms with Gasteiger partial charge in [0.25, 0.3) is 0 Å². The Morgan fingerprint density at radius 2 is 1.82 bits per heavy atom. The quantitative estimate of drug-likeness (QED) is 0.942. The summed E-state index contributed by atoms with van der Waals surface area (Å²) >= 11 is 0. The van der Waals surface area contributed by atoms with Crippen molar-refractivity contribution in [1.29, 1.82) is 0 Å². The minimum Gasteiger partial charge on any atom is -0.467 e. The Balaban J connectivity index is 1.96. The Morgan fingerprint density at radius 3 is 2.50 bits per heavy atom. The van der Waals surface area contributed by atoms with Crippen LogP contribution in [-0.4, -0.2) is 34.1 Å². The molecule has 3 atom stereocenters. The van der Waals surface area contributed by atoms with E-state index in [1.54, 1.807) is 12.3 Å². The van der Waals surface area contributed by atoms with Crippen molar-refractivity contribution in [3.8, 4) is 0 Å². The summed E-state index contributed by atoms with van der Waals surface area (Å²) in [5, 5.41) is 9.59. The molecule has 4 nitrogen and oxygen atoms in total. The molecule has 22 heavy (non-hydrogen) atoms. The van der Waals surface area contributed by atoms with Crippen LogP contribution >= 0.6 is 0 Å². The zero-order chi connectivity index (χ0) is 15.5. The number of aliphatic hydroxyl groups is 1.